The average molecular weight is 1440 g/mol. The molecule has 0 aliphatic heterocycles. The number of hydrogen-bond donors (Lipinski definition) is 3. The number of carbonyl (C=O) groups is 4. The Hall–Kier alpha value is -1.94. The summed E-state index contributed by atoms with van der Waals surface area (Å²) < 4.78 is 68.5. The Balaban J connectivity index is 5.18. The molecule has 0 fully saturated rings. The van der Waals surface area contributed by atoms with Crippen molar-refractivity contribution < 1.29 is 80.2 Å². The van der Waals surface area contributed by atoms with Gasteiger partial charge in [0.25, 0.3) is 0 Å². The molecule has 0 aliphatic carbocycles. The van der Waals surface area contributed by atoms with Crippen molar-refractivity contribution in [1.82, 2.24) is 0 Å². The molecule has 2 unspecified atom stereocenters. The molecule has 0 saturated carbocycles. The maximum atomic E-state index is 13.1. The van der Waals surface area contributed by atoms with E-state index in [2.05, 4.69) is 34.6 Å². The maximum absolute atomic E-state index is 13.1. The number of ether oxygens (including phenoxy) is 4. The SMILES string of the molecule is CCCCCCCCCCCCCCCCCCCCCCC(=O)O[C@H](COC(=O)CCCCCCCCCCCCCCCCCCCCC)COP(=O)(O)OC[C@@H](O)COP(=O)(O)OC[C@@H](COC(=O)CCCCCCCCC(C)C)OC(=O)CCCCCCCCCCCC. The third kappa shape index (κ3) is 72.4. The Kier molecular flexibility index (Phi) is 70.6. The second kappa shape index (κ2) is 72.0. The third-order valence-electron chi connectivity index (χ3n) is 18.5. The lowest BCUT2D eigenvalue weighted by atomic mass is 10.0. The zero-order valence-corrected chi connectivity index (χ0v) is 65.7. The van der Waals surface area contributed by atoms with E-state index in [1.165, 1.54) is 238 Å². The van der Waals surface area contributed by atoms with E-state index < -0.39 is 97.5 Å². The minimum Gasteiger partial charge on any atom is -0.462 e. The van der Waals surface area contributed by atoms with Crippen LogP contribution in [-0.2, 0) is 65.4 Å². The molecule has 582 valence electrons. The first kappa shape index (κ1) is 96.1. The minimum atomic E-state index is -4.96. The second-order valence-electron chi connectivity index (χ2n) is 28.9. The Labute approximate surface area is 600 Å². The topological polar surface area (TPSA) is 237 Å². The van der Waals surface area contributed by atoms with Gasteiger partial charge in [-0.15, -0.1) is 0 Å². The molecule has 0 aliphatic rings. The number of unbranched alkanes of at least 4 members (excludes halogenated alkanes) is 51. The zero-order chi connectivity index (χ0) is 71.9. The summed E-state index contributed by atoms with van der Waals surface area (Å²) >= 11 is 0. The van der Waals surface area contributed by atoms with Gasteiger partial charge in [-0.3, -0.25) is 37.3 Å². The highest BCUT2D eigenvalue weighted by molar-refractivity contribution is 7.47. The van der Waals surface area contributed by atoms with Gasteiger partial charge in [-0.25, -0.2) is 9.13 Å². The number of hydrogen-bond acceptors (Lipinski definition) is 15. The molecule has 0 heterocycles. The number of phosphoric acid groups is 2. The van der Waals surface area contributed by atoms with Gasteiger partial charge in [-0.05, 0) is 31.6 Å². The van der Waals surface area contributed by atoms with Gasteiger partial charge in [0.05, 0.1) is 26.4 Å². The summed E-state index contributed by atoms with van der Waals surface area (Å²) in [6.07, 6.45) is 62.8. The highest BCUT2D eigenvalue weighted by Crippen LogP contribution is 2.45. The van der Waals surface area contributed by atoms with Crippen molar-refractivity contribution in [1.29, 1.82) is 0 Å². The van der Waals surface area contributed by atoms with Crippen LogP contribution in [0.25, 0.3) is 0 Å². The number of aliphatic hydroxyl groups is 1. The summed E-state index contributed by atoms with van der Waals surface area (Å²) in [5.41, 5.74) is 0. The Bertz CT molecular complexity index is 1870. The molecule has 0 bridgehead atoms. The summed E-state index contributed by atoms with van der Waals surface area (Å²) in [6.45, 7) is 7.21. The fraction of sp³-hybridized carbons (Fsp3) is 0.949. The van der Waals surface area contributed by atoms with Crippen molar-refractivity contribution in [2.24, 2.45) is 5.92 Å². The molecule has 3 N–H and O–H groups in total. The van der Waals surface area contributed by atoms with E-state index in [1.54, 1.807) is 0 Å². The van der Waals surface area contributed by atoms with Gasteiger partial charge < -0.3 is 33.8 Å². The van der Waals surface area contributed by atoms with E-state index in [-0.39, 0.29) is 25.7 Å². The van der Waals surface area contributed by atoms with E-state index in [0.717, 1.165) is 96.3 Å². The molecule has 0 saturated heterocycles. The molecule has 0 aromatic heterocycles. The Morgan fingerprint density at radius 3 is 0.694 bits per heavy atom. The number of esters is 4. The van der Waals surface area contributed by atoms with E-state index in [4.69, 9.17) is 37.0 Å². The first-order valence-electron chi connectivity index (χ1n) is 41.1. The quantitative estimate of drug-likeness (QED) is 0.0222. The average Bonchev–Trinajstić information content (AvgIpc) is 1.06. The minimum absolute atomic E-state index is 0.106. The van der Waals surface area contributed by atoms with Gasteiger partial charge in [-0.2, -0.15) is 0 Å². The monoisotopic (exact) mass is 1440 g/mol. The van der Waals surface area contributed by atoms with Crippen LogP contribution >= 0.6 is 15.6 Å². The molecule has 98 heavy (non-hydrogen) atoms. The first-order valence-corrected chi connectivity index (χ1v) is 44.1. The van der Waals surface area contributed by atoms with E-state index in [0.29, 0.717) is 31.6 Å². The summed E-state index contributed by atoms with van der Waals surface area (Å²) in [5.74, 6) is -1.43. The lowest BCUT2D eigenvalue weighted by Gasteiger charge is -2.21. The molecule has 0 rings (SSSR count). The van der Waals surface area contributed by atoms with Crippen LogP contribution in [0.4, 0.5) is 0 Å². The van der Waals surface area contributed by atoms with Crippen molar-refractivity contribution in [3.63, 3.8) is 0 Å². The second-order valence-corrected chi connectivity index (χ2v) is 31.8. The highest BCUT2D eigenvalue weighted by Gasteiger charge is 2.30. The zero-order valence-electron chi connectivity index (χ0n) is 63.9. The molecule has 0 aromatic rings. The van der Waals surface area contributed by atoms with Crippen molar-refractivity contribution in [3.8, 4) is 0 Å². The standard InChI is InChI=1S/C79H154O17P2/c1-6-9-12-15-18-21-24-26-28-30-32-34-36-38-40-42-45-48-55-60-65-79(84)95-74(68-89-76(81)62-57-52-46-44-41-39-37-35-33-31-29-27-25-22-19-16-13-10-7-2)70-93-97(85,86)91-66-73(80)67-92-98(87,88)94-71-75(69-90-77(82)63-58-53-50-49-51-56-61-72(4)5)96-78(83)64-59-54-47-43-23-20-17-14-11-8-3/h72-75,80H,6-71H2,1-5H3,(H,85,86)(H,87,88)/t73-,74-,75-/m1/s1. The van der Waals surface area contributed by atoms with Crippen molar-refractivity contribution in [2.45, 2.75) is 438 Å². The van der Waals surface area contributed by atoms with Crippen molar-refractivity contribution >= 4 is 39.5 Å². The fourth-order valence-electron chi connectivity index (χ4n) is 12.2. The predicted octanol–water partition coefficient (Wildman–Crippen LogP) is 23.6. The van der Waals surface area contributed by atoms with Gasteiger partial charge in [0.2, 0.25) is 0 Å². The van der Waals surface area contributed by atoms with Gasteiger partial charge in [0, 0.05) is 25.7 Å². The molecule has 0 aromatic carbocycles. The maximum Gasteiger partial charge on any atom is 0.472 e. The summed E-state index contributed by atoms with van der Waals surface area (Å²) in [6, 6.07) is 0. The molecular weight excluding hydrogens is 1280 g/mol. The van der Waals surface area contributed by atoms with Gasteiger partial charge in [0.1, 0.15) is 19.3 Å². The van der Waals surface area contributed by atoms with Gasteiger partial charge >= 0.3 is 39.5 Å². The molecule has 19 heteroatoms. The smallest absolute Gasteiger partial charge is 0.462 e. The van der Waals surface area contributed by atoms with E-state index in [9.17, 15) is 43.2 Å². The Morgan fingerprint density at radius 2 is 0.469 bits per heavy atom. The lowest BCUT2D eigenvalue weighted by molar-refractivity contribution is -0.161. The molecule has 0 amide bonds. The van der Waals surface area contributed by atoms with Crippen LogP contribution in [0.3, 0.4) is 0 Å². The fourth-order valence-corrected chi connectivity index (χ4v) is 13.8. The molecule has 0 radical (unpaired) electrons. The van der Waals surface area contributed by atoms with E-state index >= 15 is 0 Å². The molecular formula is C79H154O17P2. The van der Waals surface area contributed by atoms with Crippen LogP contribution in [0, 0.1) is 5.92 Å². The van der Waals surface area contributed by atoms with Crippen LogP contribution in [0.1, 0.15) is 420 Å². The molecule has 17 nitrogen and oxygen atoms in total. The van der Waals surface area contributed by atoms with Crippen molar-refractivity contribution in [2.75, 3.05) is 39.6 Å². The van der Waals surface area contributed by atoms with Crippen LogP contribution in [0.2, 0.25) is 0 Å². The summed E-state index contributed by atoms with van der Waals surface area (Å²) in [4.78, 5) is 72.8. The predicted molar refractivity (Wildman–Crippen MR) is 400 cm³/mol. The third-order valence-corrected chi connectivity index (χ3v) is 20.4. The normalized spacial score (nSPS) is 13.9. The van der Waals surface area contributed by atoms with Gasteiger partial charge in [-0.1, -0.05) is 369 Å². The molecule has 5 atom stereocenters. The Morgan fingerprint density at radius 1 is 0.276 bits per heavy atom. The summed E-state index contributed by atoms with van der Waals surface area (Å²) in [5, 5.41) is 10.6. The first-order chi connectivity index (χ1) is 47.5. The number of aliphatic hydroxyl groups excluding tert-OH is 1. The lowest BCUT2D eigenvalue weighted by Crippen LogP contribution is -2.30. The molecule has 0 spiro atoms. The van der Waals surface area contributed by atoms with Crippen LogP contribution in [-0.4, -0.2) is 96.7 Å². The number of carbonyl (C=O) groups excluding carboxylic acids is 4. The van der Waals surface area contributed by atoms with Crippen LogP contribution in [0.5, 0.6) is 0 Å². The van der Waals surface area contributed by atoms with Crippen LogP contribution in [0.15, 0.2) is 0 Å². The summed E-state index contributed by atoms with van der Waals surface area (Å²) in [7, 11) is -9.91. The van der Waals surface area contributed by atoms with Gasteiger partial charge in [0.15, 0.2) is 12.2 Å². The largest absolute Gasteiger partial charge is 0.472 e. The van der Waals surface area contributed by atoms with Crippen molar-refractivity contribution in [3.05, 3.63) is 0 Å². The van der Waals surface area contributed by atoms with Crippen LogP contribution < -0.4 is 0 Å². The highest BCUT2D eigenvalue weighted by atomic mass is 31.2. The van der Waals surface area contributed by atoms with E-state index in [1.807, 2.05) is 0 Å². The number of rotatable bonds is 79. The number of phosphoric ester groups is 2.